The highest BCUT2D eigenvalue weighted by atomic mass is 15.3. The molecule has 0 unspecified atom stereocenters. The Labute approximate surface area is 147 Å². The number of hydrogen-bond donors (Lipinski definition) is 0. The second-order valence-electron chi connectivity index (χ2n) is 7.47. The molecule has 1 aliphatic heterocycles. The maximum absolute atomic E-state index is 4.81. The second-order valence-corrected chi connectivity index (χ2v) is 7.47. The first kappa shape index (κ1) is 15.0. The number of pyridine rings is 2. The molecule has 1 saturated heterocycles. The quantitative estimate of drug-likeness (QED) is 0.734. The van der Waals surface area contributed by atoms with Crippen LogP contribution in [0.15, 0.2) is 42.9 Å². The van der Waals surface area contributed by atoms with E-state index in [1.807, 2.05) is 16.8 Å². The number of nitrogens with zero attached hydrogens (tertiary/aromatic N) is 5. The number of fused-ring (bicyclic) bond motifs is 1. The van der Waals surface area contributed by atoms with Crippen molar-refractivity contribution in [1.29, 1.82) is 0 Å². The maximum atomic E-state index is 4.81. The normalized spacial score (nSPS) is 21.7. The van der Waals surface area contributed by atoms with Gasteiger partial charge in [-0.05, 0) is 56.3 Å². The van der Waals surface area contributed by atoms with E-state index < -0.39 is 0 Å². The highest BCUT2D eigenvalue weighted by Crippen LogP contribution is 2.32. The van der Waals surface area contributed by atoms with Gasteiger partial charge in [-0.1, -0.05) is 6.07 Å². The lowest BCUT2D eigenvalue weighted by atomic mass is 9.97. The lowest BCUT2D eigenvalue weighted by Gasteiger charge is -2.31. The third kappa shape index (κ3) is 3.16. The maximum Gasteiger partial charge on any atom is 0.156 e. The van der Waals surface area contributed by atoms with Crippen molar-refractivity contribution in [2.24, 2.45) is 5.92 Å². The van der Waals surface area contributed by atoms with Crippen LogP contribution in [-0.4, -0.2) is 44.1 Å². The van der Waals surface area contributed by atoms with Crippen LogP contribution in [0.2, 0.25) is 0 Å². The van der Waals surface area contributed by atoms with E-state index in [1.165, 1.54) is 38.8 Å². The molecule has 5 heteroatoms. The van der Waals surface area contributed by atoms with Crippen LogP contribution in [0.25, 0.3) is 16.8 Å². The van der Waals surface area contributed by atoms with Crippen molar-refractivity contribution in [2.45, 2.75) is 31.6 Å². The van der Waals surface area contributed by atoms with Crippen molar-refractivity contribution in [2.75, 3.05) is 19.6 Å². The standard InChI is InChI=1S/C20H23N5/c1-3-16(11-21-9-1)17-7-8-19-22-20(23-25(19)14-17)18-4-2-10-24(13-18)12-15-5-6-15/h1,3,7-9,11,14-15,18H,2,4-6,10,12-13H2/t18-/m0/s1. The molecule has 0 spiro atoms. The molecule has 0 N–H and O–H groups in total. The zero-order valence-electron chi connectivity index (χ0n) is 14.4. The summed E-state index contributed by atoms with van der Waals surface area (Å²) in [4.78, 5) is 11.6. The molecule has 2 fully saturated rings. The van der Waals surface area contributed by atoms with Crippen LogP contribution in [0.5, 0.6) is 0 Å². The smallest absolute Gasteiger partial charge is 0.156 e. The summed E-state index contributed by atoms with van der Waals surface area (Å²) < 4.78 is 1.93. The fraction of sp³-hybridized carbons (Fsp3) is 0.450. The van der Waals surface area contributed by atoms with E-state index in [1.54, 1.807) is 6.20 Å². The summed E-state index contributed by atoms with van der Waals surface area (Å²) in [6.45, 7) is 3.63. The molecule has 0 radical (unpaired) electrons. The van der Waals surface area contributed by atoms with Gasteiger partial charge in [-0.15, -0.1) is 0 Å². The van der Waals surface area contributed by atoms with E-state index in [0.29, 0.717) is 5.92 Å². The van der Waals surface area contributed by atoms with Crippen molar-refractivity contribution in [3.05, 3.63) is 48.7 Å². The Morgan fingerprint density at radius 3 is 2.88 bits per heavy atom. The van der Waals surface area contributed by atoms with E-state index in [0.717, 1.165) is 35.1 Å². The molecular weight excluding hydrogens is 310 g/mol. The van der Waals surface area contributed by atoms with Crippen LogP contribution >= 0.6 is 0 Å². The predicted octanol–water partition coefficient (Wildman–Crippen LogP) is 3.38. The lowest BCUT2D eigenvalue weighted by molar-refractivity contribution is 0.197. The third-order valence-electron chi connectivity index (χ3n) is 5.43. The largest absolute Gasteiger partial charge is 0.302 e. The molecule has 2 aliphatic rings. The summed E-state index contributed by atoms with van der Waals surface area (Å²) in [5.41, 5.74) is 3.16. The summed E-state index contributed by atoms with van der Waals surface area (Å²) in [5.74, 6) is 2.42. The minimum Gasteiger partial charge on any atom is -0.302 e. The fourth-order valence-electron chi connectivity index (χ4n) is 3.88. The number of piperidine rings is 1. The van der Waals surface area contributed by atoms with Gasteiger partial charge in [0.1, 0.15) is 0 Å². The molecule has 3 aromatic heterocycles. The van der Waals surface area contributed by atoms with E-state index in [2.05, 4.69) is 34.3 Å². The molecule has 25 heavy (non-hydrogen) atoms. The van der Waals surface area contributed by atoms with Crippen LogP contribution in [-0.2, 0) is 0 Å². The molecule has 0 aromatic carbocycles. The van der Waals surface area contributed by atoms with Crippen molar-refractivity contribution >= 4 is 5.65 Å². The highest BCUT2D eigenvalue weighted by Gasteiger charge is 2.29. The van der Waals surface area contributed by atoms with Gasteiger partial charge in [-0.3, -0.25) is 4.98 Å². The van der Waals surface area contributed by atoms with Crippen LogP contribution in [0, 0.1) is 5.92 Å². The Morgan fingerprint density at radius 2 is 2.04 bits per heavy atom. The van der Waals surface area contributed by atoms with E-state index in [4.69, 9.17) is 10.1 Å². The molecule has 3 aromatic rings. The van der Waals surface area contributed by atoms with E-state index >= 15 is 0 Å². The molecule has 0 amide bonds. The first-order chi connectivity index (χ1) is 12.3. The molecular formula is C20H23N5. The number of aromatic nitrogens is 4. The summed E-state index contributed by atoms with van der Waals surface area (Å²) >= 11 is 0. The molecule has 1 atom stereocenters. The van der Waals surface area contributed by atoms with Gasteiger partial charge in [0, 0.05) is 48.7 Å². The van der Waals surface area contributed by atoms with Crippen molar-refractivity contribution in [3.63, 3.8) is 0 Å². The molecule has 4 heterocycles. The first-order valence-corrected chi connectivity index (χ1v) is 9.34. The Morgan fingerprint density at radius 1 is 1.08 bits per heavy atom. The average molecular weight is 333 g/mol. The van der Waals surface area contributed by atoms with Crippen LogP contribution in [0.3, 0.4) is 0 Å². The average Bonchev–Trinajstić information content (AvgIpc) is 3.37. The van der Waals surface area contributed by atoms with Crippen molar-refractivity contribution < 1.29 is 0 Å². The van der Waals surface area contributed by atoms with Gasteiger partial charge in [-0.2, -0.15) is 5.10 Å². The van der Waals surface area contributed by atoms with Gasteiger partial charge >= 0.3 is 0 Å². The Balaban J connectivity index is 1.40. The van der Waals surface area contributed by atoms with Gasteiger partial charge in [0.15, 0.2) is 11.5 Å². The van der Waals surface area contributed by atoms with E-state index in [9.17, 15) is 0 Å². The molecule has 5 rings (SSSR count). The van der Waals surface area contributed by atoms with Crippen LogP contribution in [0.1, 0.15) is 37.4 Å². The summed E-state index contributed by atoms with van der Waals surface area (Å²) in [6, 6.07) is 8.19. The fourth-order valence-corrected chi connectivity index (χ4v) is 3.88. The van der Waals surface area contributed by atoms with Crippen LogP contribution in [0.4, 0.5) is 0 Å². The Bertz CT molecular complexity index is 868. The molecule has 1 saturated carbocycles. The van der Waals surface area contributed by atoms with Crippen molar-refractivity contribution in [1.82, 2.24) is 24.5 Å². The first-order valence-electron chi connectivity index (χ1n) is 9.34. The van der Waals surface area contributed by atoms with Crippen LogP contribution < -0.4 is 0 Å². The summed E-state index contributed by atoms with van der Waals surface area (Å²) in [5, 5.41) is 4.81. The van der Waals surface area contributed by atoms with Crippen molar-refractivity contribution in [3.8, 4) is 11.1 Å². The summed E-state index contributed by atoms with van der Waals surface area (Å²) in [7, 11) is 0. The third-order valence-corrected chi connectivity index (χ3v) is 5.43. The minimum absolute atomic E-state index is 0.467. The second kappa shape index (κ2) is 6.23. The molecule has 5 nitrogen and oxygen atoms in total. The van der Waals surface area contributed by atoms with Gasteiger partial charge in [0.05, 0.1) is 0 Å². The van der Waals surface area contributed by atoms with Gasteiger partial charge in [-0.25, -0.2) is 9.50 Å². The zero-order chi connectivity index (χ0) is 16.6. The lowest BCUT2D eigenvalue weighted by Crippen LogP contribution is -2.36. The van der Waals surface area contributed by atoms with E-state index in [-0.39, 0.29) is 0 Å². The molecule has 128 valence electrons. The Kier molecular flexibility index (Phi) is 3.74. The monoisotopic (exact) mass is 333 g/mol. The topological polar surface area (TPSA) is 46.3 Å². The minimum atomic E-state index is 0.467. The highest BCUT2D eigenvalue weighted by molar-refractivity contribution is 5.63. The van der Waals surface area contributed by atoms with Gasteiger partial charge in [0.2, 0.25) is 0 Å². The molecule has 1 aliphatic carbocycles. The Hall–Kier alpha value is -2.27. The van der Waals surface area contributed by atoms with Gasteiger partial charge in [0.25, 0.3) is 0 Å². The SMILES string of the molecule is c1cncc(-c2ccc3nc([C@H]4CCCN(CC5CC5)C4)nn3c2)c1. The number of hydrogen-bond acceptors (Lipinski definition) is 4. The summed E-state index contributed by atoms with van der Waals surface area (Å²) in [6.07, 6.45) is 11.0. The zero-order valence-corrected chi connectivity index (χ0v) is 14.4. The molecule has 0 bridgehead atoms. The predicted molar refractivity (Wildman–Crippen MR) is 97.4 cm³/mol. The number of likely N-dealkylation sites (tertiary alicyclic amines) is 1. The van der Waals surface area contributed by atoms with Gasteiger partial charge < -0.3 is 4.90 Å². The number of rotatable bonds is 4.